The Hall–Kier alpha value is -3.24. The number of anilines is 1. The molecule has 12 heteroatoms. The van der Waals surface area contributed by atoms with Crippen LogP contribution in [0.4, 0.5) is 5.69 Å². The van der Waals surface area contributed by atoms with Crippen molar-refractivity contribution in [3.63, 3.8) is 0 Å². The van der Waals surface area contributed by atoms with Crippen LogP contribution in [0, 0.1) is 16.7 Å². The van der Waals surface area contributed by atoms with E-state index < -0.39 is 34.1 Å². The minimum atomic E-state index is -2.68. The number of H-pyrrole nitrogens is 1. The first kappa shape index (κ1) is 28.8. The van der Waals surface area contributed by atoms with Crippen molar-refractivity contribution in [2.75, 3.05) is 11.9 Å². The number of hydrogen-bond acceptors (Lipinski definition) is 9. The van der Waals surface area contributed by atoms with Gasteiger partial charge in [-0.3, -0.25) is 9.78 Å². The van der Waals surface area contributed by atoms with Crippen LogP contribution in [-0.2, 0) is 4.74 Å². The zero-order valence-corrected chi connectivity index (χ0v) is 22.7. The number of aromatic amines is 1. The number of aliphatic hydroxyl groups excluding tert-OH is 2. The topological polar surface area (TPSA) is 185 Å². The molecular formula is C27H34BN5O6. The standard InChI is InChI=1S/C27H34BN5O6/c1-24(2)10-18(35)19(27(37,38)23(24)28)20-17(33-22(36)21-30-12-15(11-29)31-21)7-6-16(32-20)14-8-25(3,4)39-26(5,9-14)13-34/h6-7,12,14,23,34-35,37-38H,8-10,13H2,1-5H3,(H,30,31)(H,33,36). The molecule has 6 N–H and O–H groups in total. The number of pyridine rings is 1. The van der Waals surface area contributed by atoms with Gasteiger partial charge in [0.05, 0.1) is 48.8 Å². The van der Waals surface area contributed by atoms with E-state index in [1.807, 2.05) is 26.8 Å². The third kappa shape index (κ3) is 5.45. The van der Waals surface area contributed by atoms with Crippen molar-refractivity contribution < 1.29 is 30.0 Å². The van der Waals surface area contributed by atoms with Crippen molar-refractivity contribution >= 4 is 25.0 Å². The number of aromatic nitrogens is 3. The third-order valence-corrected chi connectivity index (χ3v) is 7.56. The molecule has 39 heavy (non-hydrogen) atoms. The molecule has 1 aliphatic carbocycles. The van der Waals surface area contributed by atoms with Crippen molar-refractivity contribution in [3.8, 4) is 6.07 Å². The highest BCUT2D eigenvalue weighted by atomic mass is 16.5. The first-order valence-electron chi connectivity index (χ1n) is 12.7. The molecule has 206 valence electrons. The van der Waals surface area contributed by atoms with Crippen molar-refractivity contribution in [3.05, 3.63) is 47.0 Å². The smallest absolute Gasteiger partial charge is 0.291 e. The highest BCUT2D eigenvalue weighted by molar-refractivity contribution is 6.14. The highest BCUT2D eigenvalue weighted by Crippen LogP contribution is 2.53. The van der Waals surface area contributed by atoms with Crippen molar-refractivity contribution in [1.29, 1.82) is 5.26 Å². The summed E-state index contributed by atoms with van der Waals surface area (Å²) in [5.41, 5.74) is -1.90. The average molecular weight is 535 g/mol. The van der Waals surface area contributed by atoms with E-state index >= 15 is 0 Å². The number of allylic oxidation sites excluding steroid dienone is 1. The molecule has 3 atom stereocenters. The fourth-order valence-electron chi connectivity index (χ4n) is 5.76. The van der Waals surface area contributed by atoms with Gasteiger partial charge >= 0.3 is 0 Å². The third-order valence-electron chi connectivity index (χ3n) is 7.56. The van der Waals surface area contributed by atoms with E-state index in [1.165, 1.54) is 6.20 Å². The first-order valence-corrected chi connectivity index (χ1v) is 12.7. The fraction of sp³-hybridized carbons (Fsp3) is 0.556. The van der Waals surface area contributed by atoms with Crippen LogP contribution in [0.5, 0.6) is 0 Å². The number of hydrogen-bond donors (Lipinski definition) is 6. The highest BCUT2D eigenvalue weighted by Gasteiger charge is 2.51. The molecule has 1 saturated heterocycles. The number of carbonyl (C=O) groups is 1. The molecule has 0 saturated carbocycles. The Morgan fingerprint density at radius 1 is 1.26 bits per heavy atom. The first-order chi connectivity index (χ1) is 18.0. The van der Waals surface area contributed by atoms with Crippen LogP contribution in [0.25, 0.3) is 5.57 Å². The predicted molar refractivity (Wildman–Crippen MR) is 143 cm³/mol. The summed E-state index contributed by atoms with van der Waals surface area (Å²) in [6, 6.07) is 5.12. The number of ether oxygens (including phenoxy) is 1. The Morgan fingerprint density at radius 3 is 2.56 bits per heavy atom. The van der Waals surface area contributed by atoms with Gasteiger partial charge in [0.15, 0.2) is 11.6 Å². The van der Waals surface area contributed by atoms with E-state index in [4.69, 9.17) is 22.8 Å². The average Bonchev–Trinajstić information content (AvgIpc) is 3.32. The van der Waals surface area contributed by atoms with Gasteiger partial charge in [0.25, 0.3) is 5.91 Å². The van der Waals surface area contributed by atoms with E-state index in [0.717, 1.165) is 0 Å². The number of nitriles is 1. The van der Waals surface area contributed by atoms with Crippen LogP contribution in [-0.4, -0.2) is 72.7 Å². The molecular weight excluding hydrogens is 501 g/mol. The number of aliphatic hydroxyl groups is 4. The summed E-state index contributed by atoms with van der Waals surface area (Å²) in [4.78, 5) is 24.2. The summed E-state index contributed by atoms with van der Waals surface area (Å²) in [5.74, 6) is -5.21. The van der Waals surface area contributed by atoms with Crippen LogP contribution in [0.2, 0.25) is 5.82 Å². The van der Waals surface area contributed by atoms with Gasteiger partial charge in [-0.05, 0) is 57.0 Å². The molecule has 4 rings (SSSR count). The molecule has 2 aromatic rings. The summed E-state index contributed by atoms with van der Waals surface area (Å²) >= 11 is 0. The predicted octanol–water partition coefficient (Wildman–Crippen LogP) is 2.69. The molecule has 11 nitrogen and oxygen atoms in total. The molecule has 3 unspecified atom stereocenters. The Bertz CT molecular complexity index is 1360. The van der Waals surface area contributed by atoms with E-state index in [9.17, 15) is 25.2 Å². The molecule has 2 radical (unpaired) electrons. The molecule has 2 aromatic heterocycles. The van der Waals surface area contributed by atoms with Gasteiger partial charge in [0, 0.05) is 18.0 Å². The maximum atomic E-state index is 13.0. The number of carbonyl (C=O) groups excluding carboxylic acids is 1. The van der Waals surface area contributed by atoms with Gasteiger partial charge in [-0.15, -0.1) is 0 Å². The minimum absolute atomic E-state index is 0.0439. The summed E-state index contributed by atoms with van der Waals surface area (Å²) < 4.78 is 6.12. The van der Waals surface area contributed by atoms with Crippen LogP contribution in [0.15, 0.2) is 24.1 Å². The number of imidazole rings is 1. The molecule has 1 aliphatic heterocycles. The van der Waals surface area contributed by atoms with E-state index in [2.05, 4.69) is 15.3 Å². The van der Waals surface area contributed by atoms with Crippen molar-refractivity contribution in [1.82, 2.24) is 15.0 Å². The van der Waals surface area contributed by atoms with Gasteiger partial charge in [0.2, 0.25) is 0 Å². The lowest BCUT2D eigenvalue weighted by Gasteiger charge is -2.47. The molecule has 0 bridgehead atoms. The van der Waals surface area contributed by atoms with Crippen LogP contribution in [0.1, 0.15) is 87.5 Å². The van der Waals surface area contributed by atoms with Gasteiger partial charge in [-0.25, -0.2) is 4.98 Å². The number of nitrogens with one attached hydrogen (secondary N) is 2. The second-order valence-electron chi connectivity index (χ2n) is 12.1. The molecule has 1 fully saturated rings. The summed E-state index contributed by atoms with van der Waals surface area (Å²) in [5, 5.41) is 55.2. The lowest BCUT2D eigenvalue weighted by Crippen LogP contribution is -2.48. The molecule has 0 aromatic carbocycles. The summed E-state index contributed by atoms with van der Waals surface area (Å²) in [6.45, 7) is 8.88. The zero-order valence-electron chi connectivity index (χ0n) is 22.7. The Kier molecular flexibility index (Phi) is 7.19. The Morgan fingerprint density at radius 2 is 1.95 bits per heavy atom. The number of amides is 1. The van der Waals surface area contributed by atoms with Gasteiger partial charge in [0.1, 0.15) is 17.5 Å². The second-order valence-corrected chi connectivity index (χ2v) is 12.1. The quantitative estimate of drug-likeness (QED) is 0.247. The SMILES string of the molecule is [B]C1C(C)(C)CC(O)=C(c2nc(C3CC(C)(C)OC(C)(CO)C3)ccc2NC(=O)c2ncc(C#N)[nH]2)C1(O)O. The number of rotatable bonds is 5. The molecule has 0 spiro atoms. The van der Waals surface area contributed by atoms with E-state index in [-0.39, 0.29) is 53.2 Å². The summed E-state index contributed by atoms with van der Waals surface area (Å²) in [6.07, 6.45) is 2.26. The molecule has 3 heterocycles. The van der Waals surface area contributed by atoms with E-state index in [1.54, 1.807) is 26.0 Å². The van der Waals surface area contributed by atoms with Crippen LogP contribution < -0.4 is 5.32 Å². The van der Waals surface area contributed by atoms with Gasteiger partial charge in [-0.1, -0.05) is 13.8 Å². The lowest BCUT2D eigenvalue weighted by atomic mass is 9.56. The van der Waals surface area contributed by atoms with Gasteiger partial charge < -0.3 is 35.5 Å². The lowest BCUT2D eigenvalue weighted by molar-refractivity contribution is -0.187. The molecule has 2 aliphatic rings. The second kappa shape index (κ2) is 9.75. The summed E-state index contributed by atoms with van der Waals surface area (Å²) in [7, 11) is 6.26. The van der Waals surface area contributed by atoms with Crippen molar-refractivity contribution in [2.45, 2.75) is 82.6 Å². The monoisotopic (exact) mass is 535 g/mol. The maximum Gasteiger partial charge on any atom is 0.291 e. The fourth-order valence-corrected chi connectivity index (χ4v) is 5.76. The van der Waals surface area contributed by atoms with Crippen molar-refractivity contribution in [2.24, 2.45) is 5.41 Å². The minimum Gasteiger partial charge on any atom is -0.512 e. The Balaban J connectivity index is 1.84. The Labute approximate surface area is 228 Å². The van der Waals surface area contributed by atoms with Crippen LogP contribution in [0.3, 0.4) is 0 Å². The zero-order chi connectivity index (χ0) is 29.0. The maximum absolute atomic E-state index is 13.0. The normalized spacial score (nSPS) is 27.6. The van der Waals surface area contributed by atoms with Gasteiger partial charge in [-0.2, -0.15) is 5.26 Å². The van der Waals surface area contributed by atoms with E-state index in [0.29, 0.717) is 18.5 Å². The number of nitrogens with zero attached hydrogens (tertiary/aromatic N) is 3. The largest absolute Gasteiger partial charge is 0.512 e. The van der Waals surface area contributed by atoms with Crippen LogP contribution >= 0.6 is 0 Å². The molecule has 1 amide bonds.